The fourth-order valence-corrected chi connectivity index (χ4v) is 1.27. The number of benzene rings is 2. The van der Waals surface area contributed by atoms with Gasteiger partial charge in [-0.25, -0.2) is 9.59 Å². The Bertz CT molecular complexity index is 636. The molecule has 0 saturated carbocycles. The molecule has 0 bridgehead atoms. The zero-order valence-electron chi connectivity index (χ0n) is 31.4. The molecule has 0 heterocycles. The van der Waals surface area contributed by atoms with E-state index < -0.39 is 5.97 Å². The molecule has 0 spiro atoms. The number of carboxylic acids is 1. The van der Waals surface area contributed by atoms with Gasteiger partial charge in [0.05, 0.1) is 18.2 Å². The Kier molecular flexibility index (Phi) is 137. The number of halogens is 4. The van der Waals surface area contributed by atoms with Crippen molar-refractivity contribution in [1.82, 2.24) is 0 Å². The fourth-order valence-electron chi connectivity index (χ4n) is 1.27. The number of esters is 1. The maximum atomic E-state index is 10.8. The van der Waals surface area contributed by atoms with Gasteiger partial charge in [0.25, 0.3) is 0 Å². The molecule has 0 fully saturated rings. The van der Waals surface area contributed by atoms with Crippen LogP contribution in [0, 0.1) is 6.92 Å². The van der Waals surface area contributed by atoms with E-state index >= 15 is 0 Å². The second kappa shape index (κ2) is 84.6. The van der Waals surface area contributed by atoms with E-state index in [1.165, 1.54) is 13.5 Å². The third-order valence-electron chi connectivity index (χ3n) is 2.22. The summed E-state index contributed by atoms with van der Waals surface area (Å²) in [5, 5.41) is 8.38. The second-order valence-corrected chi connectivity index (χ2v) is 43.3. The van der Waals surface area contributed by atoms with E-state index in [0.717, 1.165) is 3.92 Å². The summed E-state index contributed by atoms with van der Waals surface area (Å²) in [7, 11) is 1.37. The monoisotopic (exact) mass is 1110 g/mol. The summed E-state index contributed by atoms with van der Waals surface area (Å²) in [6.45, 7) is 37.6. The number of hydrogen-bond donors (Lipinski definition) is 1. The number of carboxylic acid groups (broad SMARTS) is 1. The zero-order valence-corrected chi connectivity index (χ0v) is 41.4. The van der Waals surface area contributed by atoms with E-state index in [1.54, 1.807) is 61.5 Å². The summed E-state index contributed by atoms with van der Waals surface area (Å²) in [5.74, 6) is -1.17. The molecule has 2 aromatic rings. The SMILES string of the molecule is CC.CC.CC.CC.CC.CC.CC(C)I.CCC.COC(=O)c1ccccc1.O=C(O)c1ccccc1.[CH2-]C.[I][V]([I])[I]. The Hall–Kier alpha value is 0.884. The molecule has 268 valence electrons. The molecule has 0 aromatic heterocycles. The first kappa shape index (κ1) is 71.0. The van der Waals surface area contributed by atoms with Crippen LogP contribution < -0.4 is 0 Å². The predicted octanol–water partition coefficient (Wildman–Crippen LogP) is 15.8. The number of hydrogen-bond acceptors (Lipinski definition) is 3. The Labute approximate surface area is 328 Å². The Morgan fingerprint density at radius 1 is 0.682 bits per heavy atom. The van der Waals surface area contributed by atoms with Crippen LogP contribution >= 0.6 is 82.5 Å². The fraction of sp³-hybridized carbons (Fsp3) is 0.571. The summed E-state index contributed by atoms with van der Waals surface area (Å²) in [5.41, 5.74) is 0.919. The molecular formula is C35H70I4O4V-. The number of methoxy groups -OCH3 is 1. The van der Waals surface area contributed by atoms with E-state index in [-0.39, 0.29) is 10.9 Å². The molecule has 0 aliphatic rings. The molecule has 0 aliphatic heterocycles. The van der Waals surface area contributed by atoms with E-state index in [2.05, 4.69) is 122 Å². The minimum absolute atomic E-state index is 0.278. The summed E-state index contributed by atoms with van der Waals surface area (Å²) in [6, 6.07) is 17.2. The van der Waals surface area contributed by atoms with Crippen molar-refractivity contribution in [2.75, 3.05) is 7.11 Å². The summed E-state index contributed by atoms with van der Waals surface area (Å²) in [4.78, 5) is 20.7. The molecule has 1 N–H and O–H groups in total. The number of carbonyl (C=O) groups is 2. The van der Waals surface area contributed by atoms with Crippen LogP contribution in [-0.2, 0) is 9.66 Å². The Morgan fingerprint density at radius 3 is 1.00 bits per heavy atom. The summed E-state index contributed by atoms with van der Waals surface area (Å²) >= 11 is 9.73. The van der Waals surface area contributed by atoms with Gasteiger partial charge in [-0.15, -0.1) is 0 Å². The van der Waals surface area contributed by atoms with Crippen molar-refractivity contribution >= 4 is 94.5 Å². The molecule has 0 atom stereocenters. The average Bonchev–Trinajstić information content (AvgIpc) is 3.08. The van der Waals surface area contributed by atoms with E-state index in [0.29, 0.717) is 11.1 Å². The van der Waals surface area contributed by atoms with Crippen molar-refractivity contribution in [1.29, 1.82) is 0 Å². The van der Waals surface area contributed by atoms with Crippen molar-refractivity contribution in [3.8, 4) is 0 Å². The van der Waals surface area contributed by atoms with Crippen molar-refractivity contribution in [3.05, 3.63) is 78.7 Å². The molecule has 0 amide bonds. The van der Waals surface area contributed by atoms with E-state index in [9.17, 15) is 9.59 Å². The Balaban J connectivity index is -0.0000000390. The first-order chi connectivity index (χ1) is 21.0. The standard InChI is InChI=1S/C8H8O2.C7H6O2.C3H7I.C3H8.6C2H6.C2H5.3HI.V/c1-10-8(9)7-5-3-2-4-6-7;8-7(9)6-4-2-1-3-5-6;1-3(2)4;1-3-2;7*1-2;;;;/h2-6H,1H3;1-5H,(H,8,9);3H,1-2H3;3H2,1-2H3;6*1-2H3;1H2,2H3;3*1H;/q;;;;;;;;;;-1;;;;+3/p-3. The van der Waals surface area contributed by atoms with Gasteiger partial charge < -0.3 is 16.8 Å². The number of ether oxygens (including phenoxy) is 1. The first-order valence-corrected chi connectivity index (χ1v) is 30.3. The van der Waals surface area contributed by atoms with Crippen LogP contribution in [0.25, 0.3) is 0 Å². The molecule has 2 rings (SSSR count). The van der Waals surface area contributed by atoms with Crippen LogP contribution in [0.5, 0.6) is 0 Å². The second-order valence-electron chi connectivity index (χ2n) is 5.44. The number of aromatic carboxylic acids is 1. The van der Waals surface area contributed by atoms with Crippen LogP contribution in [0.1, 0.15) is 145 Å². The number of rotatable bonds is 2. The van der Waals surface area contributed by atoms with Gasteiger partial charge in [0.15, 0.2) is 0 Å². The van der Waals surface area contributed by atoms with Gasteiger partial charge in [0.1, 0.15) is 0 Å². The predicted molar refractivity (Wildman–Crippen MR) is 237 cm³/mol. The van der Waals surface area contributed by atoms with Gasteiger partial charge in [-0.1, -0.05) is 176 Å². The van der Waals surface area contributed by atoms with Gasteiger partial charge in [-0.2, -0.15) is 6.92 Å². The van der Waals surface area contributed by atoms with Crippen molar-refractivity contribution in [2.45, 2.75) is 128 Å². The van der Waals surface area contributed by atoms with Crippen LogP contribution in [-0.4, -0.2) is 28.1 Å². The third-order valence-corrected chi connectivity index (χ3v) is 2.22. The Morgan fingerprint density at radius 2 is 0.864 bits per heavy atom. The van der Waals surface area contributed by atoms with Gasteiger partial charge >= 0.3 is 76.8 Å². The van der Waals surface area contributed by atoms with Crippen LogP contribution in [0.2, 0.25) is 0 Å². The van der Waals surface area contributed by atoms with Crippen molar-refractivity contribution < 1.29 is 24.4 Å². The molecule has 0 unspecified atom stereocenters. The summed E-state index contributed by atoms with van der Waals surface area (Å²) < 4.78 is 5.30. The van der Waals surface area contributed by atoms with E-state index in [1.807, 2.05) is 89.2 Å². The maximum absolute atomic E-state index is 10.8. The minimum atomic E-state index is -0.879. The third kappa shape index (κ3) is 104. The molecule has 44 heavy (non-hydrogen) atoms. The quantitative estimate of drug-likeness (QED) is 0.141. The normalized spacial score (nSPS) is 6.84. The molecule has 0 radical (unpaired) electrons. The van der Waals surface area contributed by atoms with Crippen LogP contribution in [0.15, 0.2) is 60.7 Å². The molecular weight excluding hydrogens is 1040 g/mol. The number of carbonyl (C=O) groups excluding carboxylic acids is 1. The topological polar surface area (TPSA) is 63.6 Å². The van der Waals surface area contributed by atoms with Gasteiger partial charge in [-0.05, 0) is 24.3 Å². The van der Waals surface area contributed by atoms with Crippen molar-refractivity contribution in [2.24, 2.45) is 0 Å². The van der Waals surface area contributed by atoms with Gasteiger partial charge in [0.2, 0.25) is 0 Å². The zero-order chi connectivity index (χ0) is 37.9. The molecule has 0 saturated heterocycles. The first-order valence-electron chi connectivity index (χ1n) is 15.6. The molecule has 4 nitrogen and oxygen atoms in total. The molecule has 0 aliphatic carbocycles. The van der Waals surface area contributed by atoms with E-state index in [4.69, 9.17) is 5.11 Å². The average molecular weight is 1110 g/mol. The van der Waals surface area contributed by atoms with Crippen LogP contribution in [0.3, 0.4) is 0 Å². The van der Waals surface area contributed by atoms with Crippen molar-refractivity contribution in [3.63, 3.8) is 0 Å². The summed E-state index contributed by atoms with van der Waals surface area (Å²) in [6.07, 6.45) is 1.25. The van der Waals surface area contributed by atoms with Crippen LogP contribution in [0.4, 0.5) is 0 Å². The molecule has 9 heteroatoms. The van der Waals surface area contributed by atoms with Gasteiger partial charge in [-0.3, -0.25) is 0 Å². The van der Waals surface area contributed by atoms with Gasteiger partial charge in [0, 0.05) is 3.92 Å². The molecule has 2 aromatic carbocycles. The number of alkyl halides is 1.